The van der Waals surface area contributed by atoms with Gasteiger partial charge in [0.05, 0.1) is 0 Å². The number of Topliss-reactive ketones (excluding diaryl/α,β-unsaturated/α-hetero) is 1. The second-order valence-corrected chi connectivity index (χ2v) is 10.5. The molecule has 0 bridgehead atoms. The zero-order chi connectivity index (χ0) is 21.4. The van der Waals surface area contributed by atoms with Crippen LogP contribution in [0.1, 0.15) is 25.0 Å². The van der Waals surface area contributed by atoms with Crippen molar-refractivity contribution < 1.29 is 14.5 Å². The van der Waals surface area contributed by atoms with Crippen LogP contribution in [-0.2, 0) is 18.4 Å². The molecule has 2 heterocycles. The van der Waals surface area contributed by atoms with Crippen LogP contribution in [0.25, 0.3) is 17.0 Å². The molecule has 154 valence electrons. The Morgan fingerprint density at radius 1 is 1.23 bits per heavy atom. The van der Waals surface area contributed by atoms with Gasteiger partial charge in [0.1, 0.15) is 0 Å². The Morgan fingerprint density at radius 3 is 2.77 bits per heavy atom. The number of nitrogens with zero attached hydrogens (tertiary/aromatic N) is 2. The number of aryl methyl sites for hydroxylation is 1. The molecule has 0 fully saturated rings. The fourth-order valence-electron chi connectivity index (χ4n) is 3.52. The van der Waals surface area contributed by atoms with Crippen molar-refractivity contribution in [3.8, 4) is 0 Å². The van der Waals surface area contributed by atoms with Gasteiger partial charge in [-0.15, -0.1) is 0 Å². The number of carbonyl (C=O) groups is 1. The van der Waals surface area contributed by atoms with Gasteiger partial charge in [0.2, 0.25) is 0 Å². The van der Waals surface area contributed by atoms with E-state index in [0.29, 0.717) is 11.6 Å². The van der Waals surface area contributed by atoms with Crippen LogP contribution in [0.15, 0.2) is 53.3 Å². The third-order valence-corrected chi connectivity index (χ3v) is 7.91. The van der Waals surface area contributed by atoms with Gasteiger partial charge < -0.3 is 0 Å². The minimum atomic E-state index is -0.0285. The van der Waals surface area contributed by atoms with Crippen molar-refractivity contribution in [2.75, 3.05) is 11.4 Å². The van der Waals surface area contributed by atoms with E-state index >= 15 is 0 Å². The summed E-state index contributed by atoms with van der Waals surface area (Å²) < 4.78 is 4.44. The zero-order valence-corrected chi connectivity index (χ0v) is 19.7. The molecule has 30 heavy (non-hydrogen) atoms. The summed E-state index contributed by atoms with van der Waals surface area (Å²) >= 11 is 6.37. The maximum absolute atomic E-state index is 12.6. The molecule has 1 aliphatic heterocycles. The van der Waals surface area contributed by atoms with Crippen molar-refractivity contribution in [2.24, 2.45) is 13.0 Å². The number of halogens is 1. The van der Waals surface area contributed by atoms with Gasteiger partial charge in [-0.3, -0.25) is 0 Å². The average Bonchev–Trinajstić information content (AvgIpc) is 3.06. The van der Waals surface area contributed by atoms with E-state index < -0.39 is 0 Å². The summed E-state index contributed by atoms with van der Waals surface area (Å²) in [5.74, 6) is 0.172. The number of aromatic nitrogens is 1. The fraction of sp³-hybridized carbons (Fsp3) is 0.250. The van der Waals surface area contributed by atoms with Crippen LogP contribution >= 0.6 is 11.6 Å². The van der Waals surface area contributed by atoms with Crippen molar-refractivity contribution in [3.63, 3.8) is 0 Å². The van der Waals surface area contributed by atoms with Gasteiger partial charge in [0.15, 0.2) is 0 Å². The molecule has 0 aliphatic carbocycles. The SMILES string of the molecule is CC(C)C(=O)CN1/C(=C/c2cc[n+](C)c3ccc(Cl)cc23)[Se]c2ccc(CO)cc21. The minimum absolute atomic E-state index is 0.0103. The van der Waals surface area contributed by atoms with Crippen LogP contribution in [0.2, 0.25) is 5.02 Å². The first-order valence-corrected chi connectivity index (χ1v) is 12.0. The van der Waals surface area contributed by atoms with E-state index in [-0.39, 0.29) is 33.3 Å². The van der Waals surface area contributed by atoms with E-state index in [1.807, 2.05) is 57.4 Å². The molecule has 0 radical (unpaired) electrons. The molecule has 0 saturated heterocycles. The summed E-state index contributed by atoms with van der Waals surface area (Å²) in [5.41, 5.74) is 4.08. The molecule has 0 atom stereocenters. The van der Waals surface area contributed by atoms with Gasteiger partial charge in [-0.2, -0.15) is 0 Å². The summed E-state index contributed by atoms with van der Waals surface area (Å²) in [4.78, 5) is 14.8. The van der Waals surface area contributed by atoms with E-state index in [0.717, 1.165) is 32.3 Å². The molecule has 0 saturated carbocycles. The van der Waals surface area contributed by atoms with Crippen molar-refractivity contribution in [1.82, 2.24) is 0 Å². The van der Waals surface area contributed by atoms with Crippen molar-refractivity contribution >= 4 is 59.5 Å². The number of aliphatic hydroxyl groups excluding tert-OH is 1. The fourth-order valence-corrected chi connectivity index (χ4v) is 5.99. The average molecular weight is 487 g/mol. The van der Waals surface area contributed by atoms with Gasteiger partial charge in [-0.05, 0) is 0 Å². The van der Waals surface area contributed by atoms with Crippen LogP contribution in [0.5, 0.6) is 0 Å². The summed E-state index contributed by atoms with van der Waals surface area (Å²) in [6.07, 6.45) is 4.23. The van der Waals surface area contributed by atoms with Gasteiger partial charge in [-0.25, -0.2) is 0 Å². The number of ketones is 1. The number of benzene rings is 2. The maximum atomic E-state index is 12.6. The first-order valence-electron chi connectivity index (χ1n) is 9.89. The van der Waals surface area contributed by atoms with Crippen LogP contribution in [0, 0.1) is 5.92 Å². The van der Waals surface area contributed by atoms with Crippen molar-refractivity contribution in [1.29, 1.82) is 0 Å². The second kappa shape index (κ2) is 8.52. The quantitative estimate of drug-likeness (QED) is 0.445. The Kier molecular flexibility index (Phi) is 5.99. The molecule has 4 nitrogen and oxygen atoms in total. The van der Waals surface area contributed by atoms with Crippen molar-refractivity contribution in [2.45, 2.75) is 20.5 Å². The van der Waals surface area contributed by atoms with E-state index in [1.54, 1.807) is 0 Å². The molecule has 0 unspecified atom stereocenters. The Balaban J connectivity index is 1.83. The van der Waals surface area contributed by atoms with Gasteiger partial charge in [-0.1, -0.05) is 0 Å². The number of pyridine rings is 1. The monoisotopic (exact) mass is 487 g/mol. The third-order valence-electron chi connectivity index (χ3n) is 5.34. The summed E-state index contributed by atoms with van der Waals surface area (Å²) in [6.45, 7) is 4.20. The topological polar surface area (TPSA) is 44.4 Å². The molecule has 1 aliphatic rings. The first kappa shape index (κ1) is 21.1. The standard InChI is InChI=1S/C24H24ClN2O2Se/c1-15(2)22(29)13-27-21-10-16(14-28)4-7-23(21)30-24(27)11-17-8-9-26(3)20-6-5-18(25)12-19(17)20/h4-12,15,28H,13-14H2,1-3H3/q+1. The predicted molar refractivity (Wildman–Crippen MR) is 123 cm³/mol. The third kappa shape index (κ3) is 4.03. The number of hydrogen-bond acceptors (Lipinski definition) is 3. The molecule has 3 aromatic rings. The van der Waals surface area contributed by atoms with Crippen molar-refractivity contribution in [3.05, 3.63) is 69.4 Å². The molecular weight excluding hydrogens is 463 g/mol. The molecule has 4 rings (SSSR count). The van der Waals surface area contributed by atoms with Crippen LogP contribution in [0.4, 0.5) is 5.69 Å². The number of rotatable bonds is 5. The Morgan fingerprint density at radius 2 is 2.03 bits per heavy atom. The number of anilines is 1. The molecule has 1 aromatic heterocycles. The normalized spacial score (nSPS) is 14.7. The molecule has 0 spiro atoms. The summed E-state index contributed by atoms with van der Waals surface area (Å²) in [7, 11) is 2.02. The zero-order valence-electron chi connectivity index (χ0n) is 17.2. The Bertz CT molecular complexity index is 1170. The summed E-state index contributed by atoms with van der Waals surface area (Å²) in [6, 6.07) is 14.1. The molecule has 1 N–H and O–H groups in total. The van der Waals surface area contributed by atoms with Gasteiger partial charge in [0, 0.05) is 0 Å². The first-order chi connectivity index (χ1) is 14.4. The van der Waals surface area contributed by atoms with E-state index in [4.69, 9.17) is 11.6 Å². The molecule has 6 heteroatoms. The van der Waals surface area contributed by atoms with Gasteiger partial charge in [0.25, 0.3) is 0 Å². The molecule has 2 aromatic carbocycles. The predicted octanol–water partition coefficient (Wildman–Crippen LogP) is 3.18. The molecular formula is C24H24ClN2O2Se+. The number of fused-ring (bicyclic) bond motifs is 2. The van der Waals surface area contributed by atoms with Crippen LogP contribution in [0.3, 0.4) is 0 Å². The van der Waals surface area contributed by atoms with Crippen LogP contribution in [-0.4, -0.2) is 32.4 Å². The van der Waals surface area contributed by atoms with Gasteiger partial charge >= 0.3 is 188 Å². The van der Waals surface area contributed by atoms with Crippen LogP contribution < -0.4 is 13.9 Å². The second-order valence-electron chi connectivity index (χ2n) is 7.80. The molecule has 0 amide bonds. The van der Waals surface area contributed by atoms with E-state index in [1.165, 1.54) is 4.46 Å². The Hall–Kier alpha value is -2.17. The van der Waals surface area contributed by atoms with E-state index in [2.05, 4.69) is 27.7 Å². The number of carbonyl (C=O) groups excluding carboxylic acids is 1. The Labute approximate surface area is 187 Å². The number of hydrogen-bond donors (Lipinski definition) is 1. The summed E-state index contributed by atoms with van der Waals surface area (Å²) in [5, 5.41) is 11.4. The van der Waals surface area contributed by atoms with E-state index in [9.17, 15) is 9.90 Å². The number of aliphatic hydroxyl groups is 1.